The van der Waals surface area contributed by atoms with Crippen molar-refractivity contribution in [3.63, 3.8) is 0 Å². The van der Waals surface area contributed by atoms with Crippen LogP contribution < -0.4 is 16.0 Å². The van der Waals surface area contributed by atoms with Gasteiger partial charge in [-0.2, -0.15) is 0 Å². The molecule has 1 aromatic carbocycles. The van der Waals surface area contributed by atoms with Gasteiger partial charge in [0, 0.05) is 32.6 Å². The molecule has 21 heavy (non-hydrogen) atoms. The quantitative estimate of drug-likeness (QED) is 0.899. The standard InChI is InChI=1S/C16H24ClN3O/c1-11(18)14-3-4-16(15(17)9-14)20-7-5-13(6-8-20)10-19-12(2)21/h3-4,9,11,13H,5-8,10,18H2,1-2H3,(H,19,21)/t11-/m1/s1. The van der Waals surface area contributed by atoms with Crippen molar-refractivity contribution in [1.82, 2.24) is 5.32 Å². The Morgan fingerprint density at radius 3 is 2.67 bits per heavy atom. The molecule has 1 saturated heterocycles. The van der Waals surface area contributed by atoms with E-state index in [1.807, 2.05) is 13.0 Å². The van der Waals surface area contributed by atoms with Crippen LogP contribution in [0.2, 0.25) is 5.02 Å². The first-order chi connectivity index (χ1) is 9.97. The van der Waals surface area contributed by atoms with Crippen LogP contribution in [0.5, 0.6) is 0 Å². The van der Waals surface area contributed by atoms with Crippen molar-refractivity contribution in [1.29, 1.82) is 0 Å². The number of rotatable bonds is 4. The van der Waals surface area contributed by atoms with E-state index >= 15 is 0 Å². The largest absolute Gasteiger partial charge is 0.370 e. The monoisotopic (exact) mass is 309 g/mol. The second-order valence-electron chi connectivity index (χ2n) is 5.87. The Bertz CT molecular complexity index is 496. The minimum Gasteiger partial charge on any atom is -0.370 e. The molecule has 1 fully saturated rings. The smallest absolute Gasteiger partial charge is 0.216 e. The lowest BCUT2D eigenvalue weighted by Crippen LogP contribution is -2.38. The molecule has 5 heteroatoms. The van der Waals surface area contributed by atoms with E-state index in [-0.39, 0.29) is 11.9 Å². The number of benzene rings is 1. The zero-order valence-corrected chi connectivity index (χ0v) is 13.5. The zero-order valence-electron chi connectivity index (χ0n) is 12.7. The molecule has 0 aromatic heterocycles. The van der Waals surface area contributed by atoms with Gasteiger partial charge in [0.1, 0.15) is 0 Å². The van der Waals surface area contributed by atoms with Gasteiger partial charge in [0.25, 0.3) is 0 Å². The lowest BCUT2D eigenvalue weighted by Gasteiger charge is -2.34. The highest BCUT2D eigenvalue weighted by molar-refractivity contribution is 6.33. The van der Waals surface area contributed by atoms with Gasteiger partial charge in [-0.1, -0.05) is 17.7 Å². The van der Waals surface area contributed by atoms with Crippen molar-refractivity contribution in [3.8, 4) is 0 Å². The zero-order chi connectivity index (χ0) is 15.4. The fourth-order valence-corrected chi connectivity index (χ4v) is 3.04. The number of hydrogen-bond donors (Lipinski definition) is 2. The van der Waals surface area contributed by atoms with Crippen molar-refractivity contribution >= 4 is 23.2 Å². The van der Waals surface area contributed by atoms with Crippen molar-refractivity contribution < 1.29 is 4.79 Å². The number of amides is 1. The van der Waals surface area contributed by atoms with Crippen LogP contribution in [-0.4, -0.2) is 25.5 Å². The van der Waals surface area contributed by atoms with Gasteiger partial charge in [0.2, 0.25) is 5.91 Å². The number of carbonyl (C=O) groups excluding carboxylic acids is 1. The van der Waals surface area contributed by atoms with E-state index in [2.05, 4.69) is 22.3 Å². The Kier molecular flexibility index (Phi) is 5.48. The fraction of sp³-hybridized carbons (Fsp3) is 0.562. The number of hydrogen-bond acceptors (Lipinski definition) is 3. The summed E-state index contributed by atoms with van der Waals surface area (Å²) in [5, 5.41) is 3.67. The van der Waals surface area contributed by atoms with Crippen LogP contribution in [0.25, 0.3) is 0 Å². The van der Waals surface area contributed by atoms with E-state index in [1.165, 1.54) is 0 Å². The molecule has 0 radical (unpaired) electrons. The molecule has 0 unspecified atom stereocenters. The fourth-order valence-electron chi connectivity index (χ4n) is 2.73. The number of piperidine rings is 1. The lowest BCUT2D eigenvalue weighted by atomic mass is 9.96. The Hall–Kier alpha value is -1.26. The normalized spacial score (nSPS) is 17.6. The maximum Gasteiger partial charge on any atom is 0.216 e. The highest BCUT2D eigenvalue weighted by atomic mass is 35.5. The van der Waals surface area contributed by atoms with E-state index in [9.17, 15) is 4.79 Å². The number of nitrogens with one attached hydrogen (secondary N) is 1. The van der Waals surface area contributed by atoms with Crippen LogP contribution in [0.15, 0.2) is 18.2 Å². The van der Waals surface area contributed by atoms with Crippen LogP contribution in [0, 0.1) is 5.92 Å². The average molecular weight is 310 g/mol. The first-order valence-corrected chi connectivity index (χ1v) is 7.89. The van der Waals surface area contributed by atoms with Crippen LogP contribution in [-0.2, 0) is 4.79 Å². The van der Waals surface area contributed by atoms with Crippen LogP contribution in [0.4, 0.5) is 5.69 Å². The molecule has 1 atom stereocenters. The number of nitrogens with two attached hydrogens (primary N) is 1. The van der Waals surface area contributed by atoms with Gasteiger partial charge in [-0.25, -0.2) is 0 Å². The summed E-state index contributed by atoms with van der Waals surface area (Å²) in [5.74, 6) is 0.610. The molecule has 0 bridgehead atoms. The Morgan fingerprint density at radius 1 is 1.48 bits per heavy atom. The summed E-state index contributed by atoms with van der Waals surface area (Å²) in [6.45, 7) is 6.25. The molecule has 3 N–H and O–H groups in total. The summed E-state index contributed by atoms with van der Waals surface area (Å²) >= 11 is 6.39. The summed E-state index contributed by atoms with van der Waals surface area (Å²) in [5.41, 5.74) is 8.02. The van der Waals surface area contributed by atoms with Gasteiger partial charge in [-0.15, -0.1) is 0 Å². The highest BCUT2D eigenvalue weighted by Crippen LogP contribution is 2.31. The van der Waals surface area contributed by atoms with Crippen molar-refractivity contribution in [2.75, 3.05) is 24.5 Å². The topological polar surface area (TPSA) is 58.4 Å². The molecule has 0 saturated carbocycles. The summed E-state index contributed by atoms with van der Waals surface area (Å²) in [6.07, 6.45) is 2.15. The summed E-state index contributed by atoms with van der Waals surface area (Å²) in [4.78, 5) is 13.3. The van der Waals surface area contributed by atoms with Gasteiger partial charge < -0.3 is 16.0 Å². The third-order valence-electron chi connectivity index (χ3n) is 4.09. The molecular weight excluding hydrogens is 286 g/mol. The minimum absolute atomic E-state index is 0.0000542. The predicted octanol–water partition coefficient (Wildman–Crippen LogP) is 2.71. The minimum atomic E-state index is -0.0000542. The Balaban J connectivity index is 1.94. The van der Waals surface area contributed by atoms with Gasteiger partial charge >= 0.3 is 0 Å². The molecule has 0 spiro atoms. The molecule has 1 heterocycles. The number of carbonyl (C=O) groups is 1. The summed E-state index contributed by atoms with van der Waals surface area (Å²) < 4.78 is 0. The SMILES string of the molecule is CC(=O)NCC1CCN(c2ccc([C@@H](C)N)cc2Cl)CC1. The molecule has 2 rings (SSSR count). The number of nitrogens with zero attached hydrogens (tertiary/aromatic N) is 1. The first kappa shape index (κ1) is 16.1. The van der Waals surface area contributed by atoms with Crippen LogP contribution in [0.3, 0.4) is 0 Å². The molecule has 1 aliphatic heterocycles. The predicted molar refractivity (Wildman–Crippen MR) is 87.7 cm³/mol. The molecule has 1 aromatic rings. The van der Waals surface area contributed by atoms with E-state index in [0.29, 0.717) is 5.92 Å². The molecule has 1 amide bonds. The van der Waals surface area contributed by atoms with Gasteiger partial charge in [0.05, 0.1) is 10.7 Å². The van der Waals surface area contributed by atoms with Crippen LogP contribution in [0.1, 0.15) is 38.3 Å². The third kappa shape index (κ3) is 4.35. The number of halogens is 1. The van der Waals surface area contributed by atoms with Gasteiger partial charge in [-0.05, 0) is 43.4 Å². The Morgan fingerprint density at radius 2 is 2.14 bits per heavy atom. The Labute approximate surface area is 131 Å². The van der Waals surface area contributed by atoms with E-state index in [4.69, 9.17) is 17.3 Å². The van der Waals surface area contributed by atoms with Gasteiger partial charge in [-0.3, -0.25) is 4.79 Å². The highest BCUT2D eigenvalue weighted by Gasteiger charge is 2.21. The molecule has 116 valence electrons. The van der Waals surface area contributed by atoms with Crippen molar-refractivity contribution in [3.05, 3.63) is 28.8 Å². The molecule has 0 aliphatic carbocycles. The summed E-state index contributed by atoms with van der Waals surface area (Å²) in [6, 6.07) is 6.08. The van der Waals surface area contributed by atoms with Crippen molar-refractivity contribution in [2.24, 2.45) is 11.7 Å². The van der Waals surface area contributed by atoms with E-state index in [0.717, 1.165) is 48.7 Å². The maximum atomic E-state index is 11.0. The van der Waals surface area contributed by atoms with E-state index < -0.39 is 0 Å². The second-order valence-corrected chi connectivity index (χ2v) is 6.27. The maximum absolute atomic E-state index is 11.0. The van der Waals surface area contributed by atoms with Crippen molar-refractivity contribution in [2.45, 2.75) is 32.7 Å². The van der Waals surface area contributed by atoms with Gasteiger partial charge in [0.15, 0.2) is 0 Å². The molecule has 1 aliphatic rings. The van der Waals surface area contributed by atoms with Crippen LogP contribution >= 0.6 is 11.6 Å². The third-order valence-corrected chi connectivity index (χ3v) is 4.40. The molecular formula is C16H24ClN3O. The molecule has 4 nitrogen and oxygen atoms in total. The average Bonchev–Trinajstić information content (AvgIpc) is 2.45. The second kappa shape index (κ2) is 7.14. The summed E-state index contributed by atoms with van der Waals surface area (Å²) in [7, 11) is 0. The first-order valence-electron chi connectivity index (χ1n) is 7.51. The van der Waals surface area contributed by atoms with E-state index in [1.54, 1.807) is 6.92 Å². The number of anilines is 1. The lowest BCUT2D eigenvalue weighted by molar-refractivity contribution is -0.119.